The second-order valence-electron chi connectivity index (χ2n) is 7.05. The summed E-state index contributed by atoms with van der Waals surface area (Å²) in [7, 11) is 1.39. The molecule has 1 aliphatic heterocycles. The van der Waals surface area contributed by atoms with Gasteiger partial charge in [0.1, 0.15) is 0 Å². The van der Waals surface area contributed by atoms with E-state index in [2.05, 4.69) is 0 Å². The first kappa shape index (κ1) is 17.1. The van der Waals surface area contributed by atoms with E-state index in [1.807, 2.05) is 48.5 Å². The normalized spacial score (nSPS) is 20.2. The highest BCUT2D eigenvalue weighted by molar-refractivity contribution is 6.30. The number of esters is 1. The average Bonchev–Trinajstić information content (AvgIpc) is 3.48. The maximum atomic E-state index is 13.4. The Morgan fingerprint density at radius 2 is 1.92 bits per heavy atom. The third-order valence-corrected chi connectivity index (χ3v) is 5.74. The smallest absolute Gasteiger partial charge is 0.314 e. The summed E-state index contributed by atoms with van der Waals surface area (Å²) in [6.07, 6.45) is 1.63. The number of carbonyl (C=O) groups is 2. The summed E-state index contributed by atoms with van der Waals surface area (Å²) in [6, 6.07) is 15.3. The highest BCUT2D eigenvalue weighted by Crippen LogP contribution is 2.50. The van der Waals surface area contributed by atoms with Crippen LogP contribution in [0, 0.1) is 0 Å². The van der Waals surface area contributed by atoms with Crippen LogP contribution < -0.4 is 0 Å². The number of carbonyl (C=O) groups excluding carboxylic acids is 2. The molecule has 1 unspecified atom stereocenters. The van der Waals surface area contributed by atoms with Crippen molar-refractivity contribution in [1.82, 2.24) is 4.90 Å². The first-order chi connectivity index (χ1) is 12.5. The molecule has 1 aliphatic carbocycles. The molecule has 1 fully saturated rings. The molecule has 0 spiro atoms. The molecule has 2 aromatic carbocycles. The van der Waals surface area contributed by atoms with E-state index in [0.29, 0.717) is 18.1 Å². The fourth-order valence-electron chi connectivity index (χ4n) is 3.95. The Kier molecular flexibility index (Phi) is 4.23. The number of methoxy groups -OCH3 is 1. The Labute approximate surface area is 157 Å². The van der Waals surface area contributed by atoms with Gasteiger partial charge < -0.3 is 9.64 Å². The standard InChI is InChI=1S/C21H20ClNO3/c1-26-19(24)18-13-23(12-14-5-2-3-8-17(14)18)20(25)21(9-10-21)15-6-4-7-16(22)11-15/h2-8,11,18H,9-10,12-13H2,1H3. The van der Waals surface area contributed by atoms with E-state index in [9.17, 15) is 9.59 Å². The molecule has 1 heterocycles. The van der Waals surface area contributed by atoms with Gasteiger partial charge in [0.05, 0.1) is 18.4 Å². The molecular weight excluding hydrogens is 350 g/mol. The van der Waals surface area contributed by atoms with Crippen LogP contribution in [0.3, 0.4) is 0 Å². The zero-order valence-corrected chi connectivity index (χ0v) is 15.3. The lowest BCUT2D eigenvalue weighted by Gasteiger charge is -2.35. The monoisotopic (exact) mass is 369 g/mol. The van der Waals surface area contributed by atoms with Crippen molar-refractivity contribution in [2.24, 2.45) is 0 Å². The Morgan fingerprint density at radius 1 is 1.15 bits per heavy atom. The van der Waals surface area contributed by atoms with Crippen LogP contribution in [-0.2, 0) is 26.3 Å². The van der Waals surface area contributed by atoms with Crippen LogP contribution in [0.5, 0.6) is 0 Å². The third-order valence-electron chi connectivity index (χ3n) is 5.50. The van der Waals surface area contributed by atoms with Gasteiger partial charge in [-0.25, -0.2) is 0 Å². The molecule has 4 rings (SSSR count). The number of amides is 1. The Morgan fingerprint density at radius 3 is 2.62 bits per heavy atom. The quantitative estimate of drug-likeness (QED) is 0.775. The Balaban J connectivity index is 1.66. The molecule has 2 aliphatic rings. The molecule has 0 saturated heterocycles. The average molecular weight is 370 g/mol. The predicted molar refractivity (Wildman–Crippen MR) is 99.0 cm³/mol. The lowest BCUT2D eigenvalue weighted by molar-refractivity contribution is -0.145. The van der Waals surface area contributed by atoms with Crippen LogP contribution >= 0.6 is 11.6 Å². The van der Waals surface area contributed by atoms with Crippen LogP contribution in [0.15, 0.2) is 48.5 Å². The minimum Gasteiger partial charge on any atom is -0.468 e. The van der Waals surface area contributed by atoms with Crippen molar-refractivity contribution in [3.63, 3.8) is 0 Å². The molecule has 0 bridgehead atoms. The molecule has 5 heteroatoms. The van der Waals surface area contributed by atoms with Crippen LogP contribution in [0.25, 0.3) is 0 Å². The molecule has 1 atom stereocenters. The Bertz CT molecular complexity index is 875. The number of fused-ring (bicyclic) bond motifs is 1. The molecule has 0 aromatic heterocycles. The van der Waals surface area contributed by atoms with Gasteiger partial charge in [-0.05, 0) is 41.7 Å². The lowest BCUT2D eigenvalue weighted by atomic mass is 9.87. The SMILES string of the molecule is COC(=O)C1CN(C(=O)C2(c3cccc(Cl)c3)CC2)Cc2ccccc21. The number of hydrogen-bond donors (Lipinski definition) is 0. The molecule has 26 heavy (non-hydrogen) atoms. The minimum absolute atomic E-state index is 0.0724. The van der Waals surface area contributed by atoms with Crippen LogP contribution in [-0.4, -0.2) is 30.4 Å². The molecule has 1 saturated carbocycles. The van der Waals surface area contributed by atoms with Crippen molar-refractivity contribution in [2.75, 3.05) is 13.7 Å². The van der Waals surface area contributed by atoms with Gasteiger partial charge in [-0.15, -0.1) is 0 Å². The summed E-state index contributed by atoms with van der Waals surface area (Å²) in [5.74, 6) is -0.671. The zero-order valence-electron chi connectivity index (χ0n) is 14.6. The molecular formula is C21H20ClNO3. The van der Waals surface area contributed by atoms with E-state index in [-0.39, 0.29) is 11.9 Å². The van der Waals surface area contributed by atoms with Crippen LogP contribution in [0.1, 0.15) is 35.4 Å². The number of hydrogen-bond acceptors (Lipinski definition) is 3. The second kappa shape index (κ2) is 6.44. The summed E-state index contributed by atoms with van der Waals surface area (Å²) in [5.41, 5.74) is 2.42. The minimum atomic E-state index is -0.502. The first-order valence-electron chi connectivity index (χ1n) is 8.76. The topological polar surface area (TPSA) is 46.6 Å². The van der Waals surface area contributed by atoms with Crippen LogP contribution in [0.2, 0.25) is 5.02 Å². The van der Waals surface area contributed by atoms with Crippen molar-refractivity contribution in [3.05, 3.63) is 70.2 Å². The van der Waals surface area contributed by atoms with Crippen molar-refractivity contribution in [3.8, 4) is 0 Å². The molecule has 0 radical (unpaired) electrons. The van der Waals surface area contributed by atoms with E-state index in [0.717, 1.165) is 29.5 Å². The predicted octanol–water partition coefficient (Wildman–Crippen LogP) is 3.67. The van der Waals surface area contributed by atoms with E-state index < -0.39 is 11.3 Å². The number of benzene rings is 2. The largest absolute Gasteiger partial charge is 0.468 e. The van der Waals surface area contributed by atoms with Gasteiger partial charge in [-0.1, -0.05) is 48.0 Å². The summed E-state index contributed by atoms with van der Waals surface area (Å²) in [5, 5.41) is 0.637. The van der Waals surface area contributed by atoms with E-state index in [4.69, 9.17) is 16.3 Å². The summed E-state index contributed by atoms with van der Waals surface area (Å²) in [4.78, 5) is 27.5. The Hall–Kier alpha value is -2.33. The lowest BCUT2D eigenvalue weighted by Crippen LogP contribution is -2.45. The molecule has 0 N–H and O–H groups in total. The number of ether oxygens (including phenoxy) is 1. The van der Waals surface area contributed by atoms with Crippen molar-refractivity contribution >= 4 is 23.5 Å². The van der Waals surface area contributed by atoms with Crippen molar-refractivity contribution < 1.29 is 14.3 Å². The molecule has 1 amide bonds. The maximum Gasteiger partial charge on any atom is 0.314 e. The maximum absolute atomic E-state index is 13.4. The van der Waals surface area contributed by atoms with E-state index >= 15 is 0 Å². The fraction of sp³-hybridized carbons (Fsp3) is 0.333. The van der Waals surface area contributed by atoms with Gasteiger partial charge in [0.25, 0.3) is 0 Å². The highest BCUT2D eigenvalue weighted by atomic mass is 35.5. The van der Waals surface area contributed by atoms with Gasteiger partial charge in [-0.2, -0.15) is 0 Å². The zero-order chi connectivity index (χ0) is 18.3. The summed E-state index contributed by atoms with van der Waals surface area (Å²) >= 11 is 6.13. The fourth-order valence-corrected chi connectivity index (χ4v) is 4.14. The van der Waals surface area contributed by atoms with E-state index in [1.165, 1.54) is 7.11 Å². The van der Waals surface area contributed by atoms with Gasteiger partial charge in [0.2, 0.25) is 5.91 Å². The van der Waals surface area contributed by atoms with E-state index in [1.54, 1.807) is 4.90 Å². The first-order valence-corrected chi connectivity index (χ1v) is 9.14. The molecule has 134 valence electrons. The van der Waals surface area contributed by atoms with Gasteiger partial charge in [0.15, 0.2) is 0 Å². The number of rotatable bonds is 3. The third kappa shape index (κ3) is 2.78. The van der Waals surface area contributed by atoms with Crippen LogP contribution in [0.4, 0.5) is 0 Å². The van der Waals surface area contributed by atoms with Crippen molar-refractivity contribution in [2.45, 2.75) is 30.7 Å². The van der Waals surface area contributed by atoms with Gasteiger partial charge >= 0.3 is 5.97 Å². The highest BCUT2D eigenvalue weighted by Gasteiger charge is 2.54. The second-order valence-corrected chi connectivity index (χ2v) is 7.49. The van der Waals surface area contributed by atoms with Gasteiger partial charge in [-0.3, -0.25) is 9.59 Å². The molecule has 2 aromatic rings. The number of nitrogens with zero attached hydrogens (tertiary/aromatic N) is 1. The molecule has 4 nitrogen and oxygen atoms in total. The summed E-state index contributed by atoms with van der Waals surface area (Å²) < 4.78 is 4.98. The van der Waals surface area contributed by atoms with Crippen molar-refractivity contribution in [1.29, 1.82) is 0 Å². The van der Waals surface area contributed by atoms with Gasteiger partial charge in [0, 0.05) is 18.1 Å². The number of halogens is 1. The summed E-state index contributed by atoms with van der Waals surface area (Å²) in [6.45, 7) is 0.871.